The second-order valence-corrected chi connectivity index (χ2v) is 6.19. The number of nitrogens with zero attached hydrogens (tertiary/aromatic N) is 1. The molecule has 128 valence electrons. The zero-order valence-electron chi connectivity index (χ0n) is 14.3. The van der Waals surface area contributed by atoms with Crippen molar-refractivity contribution in [3.05, 3.63) is 63.4 Å². The summed E-state index contributed by atoms with van der Waals surface area (Å²) in [5.41, 5.74) is 9.43. The summed E-state index contributed by atoms with van der Waals surface area (Å²) in [6.07, 6.45) is 0.474. The van der Waals surface area contributed by atoms with Crippen molar-refractivity contribution in [2.24, 2.45) is 5.73 Å². The number of rotatable bonds is 4. The van der Waals surface area contributed by atoms with Gasteiger partial charge in [0.15, 0.2) is 0 Å². The van der Waals surface area contributed by atoms with E-state index in [1.54, 1.807) is 31.2 Å². The van der Waals surface area contributed by atoms with E-state index in [4.69, 9.17) is 17.3 Å². The molecule has 0 fully saturated rings. The Hall–Kier alpha value is -2.64. The number of carbonyl (C=O) groups is 1. The van der Waals surface area contributed by atoms with Gasteiger partial charge in [-0.15, -0.1) is 0 Å². The predicted octanol–water partition coefficient (Wildman–Crippen LogP) is 5.00. The van der Waals surface area contributed by atoms with Gasteiger partial charge in [0.2, 0.25) is 5.91 Å². The van der Waals surface area contributed by atoms with Crippen LogP contribution >= 0.6 is 11.6 Å². The summed E-state index contributed by atoms with van der Waals surface area (Å²) < 4.78 is 14.4. The van der Waals surface area contributed by atoms with E-state index >= 15 is 0 Å². The molecule has 0 heterocycles. The highest BCUT2D eigenvalue weighted by molar-refractivity contribution is 6.30. The molecule has 0 saturated carbocycles. The van der Waals surface area contributed by atoms with Crippen molar-refractivity contribution in [1.29, 1.82) is 5.26 Å². The summed E-state index contributed by atoms with van der Waals surface area (Å²) in [4.78, 5) is 11.7. The lowest BCUT2D eigenvalue weighted by molar-refractivity contribution is -0.114. The monoisotopic (exact) mass is 356 g/mol. The van der Waals surface area contributed by atoms with E-state index in [2.05, 4.69) is 6.07 Å². The molecule has 0 aliphatic rings. The number of halogens is 2. The van der Waals surface area contributed by atoms with Gasteiger partial charge in [-0.3, -0.25) is 4.79 Å². The van der Waals surface area contributed by atoms with Gasteiger partial charge < -0.3 is 5.73 Å². The van der Waals surface area contributed by atoms with Gasteiger partial charge in [0.05, 0.1) is 11.6 Å². The molecule has 2 aromatic rings. The lowest BCUT2D eigenvalue weighted by atomic mass is 9.88. The van der Waals surface area contributed by atoms with E-state index in [9.17, 15) is 14.4 Å². The normalized spacial score (nSPS) is 11.7. The number of carbonyl (C=O) groups excluding carboxylic acids is 1. The number of hydrogen-bond acceptors (Lipinski definition) is 2. The first kappa shape index (κ1) is 18.7. The number of nitrogens with two attached hydrogens (primary N) is 1. The van der Waals surface area contributed by atoms with Crippen LogP contribution in [0.3, 0.4) is 0 Å². The van der Waals surface area contributed by atoms with E-state index in [0.717, 1.165) is 5.56 Å². The Morgan fingerprint density at radius 3 is 2.48 bits per heavy atom. The number of benzene rings is 2. The molecule has 1 amide bonds. The zero-order chi connectivity index (χ0) is 18.7. The van der Waals surface area contributed by atoms with Gasteiger partial charge in [-0.05, 0) is 72.9 Å². The molecule has 3 nitrogen and oxygen atoms in total. The smallest absolute Gasteiger partial charge is 0.244 e. The Morgan fingerprint density at radius 2 is 1.96 bits per heavy atom. The molecule has 0 saturated heterocycles. The maximum Gasteiger partial charge on any atom is 0.244 e. The topological polar surface area (TPSA) is 66.9 Å². The number of nitriles is 1. The Bertz CT molecular complexity index is 926. The molecular weight excluding hydrogens is 339 g/mol. The first-order valence-corrected chi connectivity index (χ1v) is 8.18. The zero-order valence-corrected chi connectivity index (χ0v) is 15.0. The van der Waals surface area contributed by atoms with Gasteiger partial charge in [0.1, 0.15) is 5.82 Å². The molecule has 25 heavy (non-hydrogen) atoms. The molecule has 0 radical (unpaired) electrons. The summed E-state index contributed by atoms with van der Waals surface area (Å²) in [5, 5.41) is 9.65. The fourth-order valence-corrected chi connectivity index (χ4v) is 3.10. The molecule has 5 heteroatoms. The molecular formula is C20H18ClFN2O. The summed E-state index contributed by atoms with van der Waals surface area (Å²) >= 11 is 5.83. The molecule has 0 atom stereocenters. The summed E-state index contributed by atoms with van der Waals surface area (Å²) in [7, 11) is 0. The largest absolute Gasteiger partial charge is 0.366 e. The number of allylic oxidation sites excluding steroid dienone is 1. The van der Waals surface area contributed by atoms with Crippen LogP contribution in [0.5, 0.6) is 0 Å². The van der Waals surface area contributed by atoms with Crippen LogP contribution in [0, 0.1) is 24.1 Å². The van der Waals surface area contributed by atoms with Crippen LogP contribution in [0.2, 0.25) is 5.02 Å². The van der Waals surface area contributed by atoms with Gasteiger partial charge in [0, 0.05) is 16.2 Å². The third-order valence-electron chi connectivity index (χ3n) is 4.27. The van der Waals surface area contributed by atoms with Crippen LogP contribution in [0.15, 0.2) is 35.9 Å². The SMILES string of the molecule is CC/C(C(N)=O)=C(/C)c1cc(C#N)cc(-c2ccc(Cl)cc2F)c1C. The van der Waals surface area contributed by atoms with E-state index < -0.39 is 11.7 Å². The summed E-state index contributed by atoms with van der Waals surface area (Å²) in [6.45, 7) is 5.46. The maximum atomic E-state index is 14.4. The van der Waals surface area contributed by atoms with Gasteiger partial charge in [-0.25, -0.2) is 4.39 Å². The van der Waals surface area contributed by atoms with E-state index in [1.807, 2.05) is 13.8 Å². The van der Waals surface area contributed by atoms with Crippen molar-refractivity contribution in [3.8, 4) is 17.2 Å². The molecule has 0 aliphatic heterocycles. The van der Waals surface area contributed by atoms with Crippen LogP contribution in [0.4, 0.5) is 4.39 Å². The molecule has 2 N–H and O–H groups in total. The third-order valence-corrected chi connectivity index (χ3v) is 4.50. The molecule has 0 aromatic heterocycles. The highest BCUT2D eigenvalue weighted by Crippen LogP contribution is 2.34. The quantitative estimate of drug-likeness (QED) is 0.783. The van der Waals surface area contributed by atoms with E-state index in [1.165, 1.54) is 6.07 Å². The lowest BCUT2D eigenvalue weighted by Gasteiger charge is -2.16. The fraction of sp³-hybridized carbons (Fsp3) is 0.200. The second kappa shape index (κ2) is 7.50. The molecule has 2 rings (SSSR count). The van der Waals surface area contributed by atoms with Crippen LogP contribution in [-0.2, 0) is 4.79 Å². The molecule has 0 aliphatic carbocycles. The molecule has 2 aromatic carbocycles. The molecule has 0 unspecified atom stereocenters. The van der Waals surface area contributed by atoms with Crippen LogP contribution in [-0.4, -0.2) is 5.91 Å². The first-order valence-electron chi connectivity index (χ1n) is 7.80. The fourth-order valence-electron chi connectivity index (χ4n) is 2.94. The standard InChI is InChI=1S/C20H18ClFN2O/c1-4-15(20(24)25)11(2)17-7-13(10-23)8-18(12(17)3)16-6-5-14(21)9-19(16)22/h5-9H,4H2,1-3H3,(H2,24,25)/b15-11+. The van der Waals surface area contributed by atoms with Crippen molar-refractivity contribution in [2.45, 2.75) is 27.2 Å². The summed E-state index contributed by atoms with van der Waals surface area (Å²) in [5.74, 6) is -0.968. The minimum atomic E-state index is -0.499. The molecule has 0 spiro atoms. The highest BCUT2D eigenvalue weighted by atomic mass is 35.5. The Kier molecular flexibility index (Phi) is 5.61. The third kappa shape index (κ3) is 3.72. The van der Waals surface area contributed by atoms with Crippen molar-refractivity contribution < 1.29 is 9.18 Å². The van der Waals surface area contributed by atoms with Crippen molar-refractivity contribution in [1.82, 2.24) is 0 Å². The number of amides is 1. The van der Waals surface area contributed by atoms with Gasteiger partial charge in [-0.2, -0.15) is 5.26 Å². The number of primary amides is 1. The highest BCUT2D eigenvalue weighted by Gasteiger charge is 2.17. The summed E-state index contributed by atoms with van der Waals surface area (Å²) in [6, 6.07) is 9.83. The first-order chi connectivity index (χ1) is 11.8. The second-order valence-electron chi connectivity index (χ2n) is 5.75. The number of hydrogen-bond donors (Lipinski definition) is 1. The Balaban J connectivity index is 2.81. The van der Waals surface area contributed by atoms with Gasteiger partial charge in [-0.1, -0.05) is 18.5 Å². The van der Waals surface area contributed by atoms with Crippen LogP contribution < -0.4 is 5.73 Å². The van der Waals surface area contributed by atoms with Crippen molar-refractivity contribution >= 4 is 23.1 Å². The maximum absolute atomic E-state index is 14.4. The minimum absolute atomic E-state index is 0.300. The average molecular weight is 357 g/mol. The Morgan fingerprint density at radius 1 is 1.28 bits per heavy atom. The van der Waals surface area contributed by atoms with Crippen molar-refractivity contribution in [3.63, 3.8) is 0 Å². The van der Waals surface area contributed by atoms with Crippen LogP contribution in [0.25, 0.3) is 16.7 Å². The lowest BCUT2D eigenvalue weighted by Crippen LogP contribution is -2.15. The van der Waals surface area contributed by atoms with E-state index in [-0.39, 0.29) is 0 Å². The minimum Gasteiger partial charge on any atom is -0.366 e. The Labute approximate surface area is 151 Å². The van der Waals surface area contributed by atoms with Gasteiger partial charge in [0.25, 0.3) is 0 Å². The van der Waals surface area contributed by atoms with E-state index in [0.29, 0.717) is 44.8 Å². The predicted molar refractivity (Wildman–Crippen MR) is 98.4 cm³/mol. The van der Waals surface area contributed by atoms with Crippen molar-refractivity contribution in [2.75, 3.05) is 0 Å². The van der Waals surface area contributed by atoms with Gasteiger partial charge >= 0.3 is 0 Å². The molecule has 0 bridgehead atoms. The van der Waals surface area contributed by atoms with Crippen LogP contribution in [0.1, 0.15) is 37.0 Å². The average Bonchev–Trinajstić information content (AvgIpc) is 2.55.